The van der Waals surface area contributed by atoms with E-state index in [1.807, 2.05) is 16.6 Å². The van der Waals surface area contributed by atoms with Gasteiger partial charge in [-0.15, -0.1) is 11.7 Å². The van der Waals surface area contributed by atoms with Crippen molar-refractivity contribution in [3.63, 3.8) is 0 Å². The maximum Gasteiger partial charge on any atom is 0.231 e. The number of amides is 1. The van der Waals surface area contributed by atoms with Gasteiger partial charge in [0.25, 0.3) is 0 Å². The minimum absolute atomic E-state index is 0.176. The van der Waals surface area contributed by atoms with E-state index in [4.69, 9.17) is 0 Å². The van der Waals surface area contributed by atoms with Gasteiger partial charge in [0.1, 0.15) is 11.7 Å². The van der Waals surface area contributed by atoms with Gasteiger partial charge < -0.3 is 9.80 Å². The molecular formula is C20H30N5O+. The van der Waals surface area contributed by atoms with Crippen molar-refractivity contribution in [1.29, 1.82) is 0 Å². The molecule has 1 aromatic heterocycles. The summed E-state index contributed by atoms with van der Waals surface area (Å²) < 4.78 is 2.02. The van der Waals surface area contributed by atoms with E-state index in [-0.39, 0.29) is 5.92 Å². The standard InChI is InChI=1S/C20H29N5O/c1-3-9-23(2)20(26)18-13-24-10-8-16(18)11-17(24)12-25-14-19(21-22-25)15-6-4-5-7-15/h3,6,14,16-18H,1,4-5,7-13H2,2H3/p+1/t16-,17+,18-/m0/s1. The van der Waals surface area contributed by atoms with Crippen molar-refractivity contribution in [3.05, 3.63) is 30.6 Å². The predicted octanol–water partition coefficient (Wildman–Crippen LogP) is 0.783. The van der Waals surface area contributed by atoms with Crippen molar-refractivity contribution in [2.45, 2.75) is 44.7 Å². The summed E-state index contributed by atoms with van der Waals surface area (Å²) in [7, 11) is 1.89. The Kier molecular flexibility index (Phi) is 4.94. The molecule has 1 amide bonds. The molecule has 3 aliphatic heterocycles. The number of fused-ring (bicyclic) bond motifs is 3. The average molecular weight is 356 g/mol. The molecule has 0 spiro atoms. The van der Waals surface area contributed by atoms with Crippen molar-refractivity contribution >= 4 is 11.5 Å². The van der Waals surface area contributed by atoms with Gasteiger partial charge in [0.15, 0.2) is 0 Å². The number of piperidine rings is 3. The van der Waals surface area contributed by atoms with Gasteiger partial charge >= 0.3 is 0 Å². The van der Waals surface area contributed by atoms with E-state index in [0.717, 1.165) is 31.6 Å². The Labute approximate surface area is 155 Å². The topological polar surface area (TPSA) is 55.5 Å². The van der Waals surface area contributed by atoms with E-state index in [1.54, 1.807) is 11.0 Å². The Hall–Kier alpha value is -1.95. The van der Waals surface area contributed by atoms with Gasteiger partial charge in [0.05, 0.1) is 31.7 Å². The van der Waals surface area contributed by atoms with Gasteiger partial charge in [-0.1, -0.05) is 17.4 Å². The van der Waals surface area contributed by atoms with E-state index in [9.17, 15) is 4.79 Å². The number of allylic oxidation sites excluding steroid dienone is 2. The first-order chi connectivity index (χ1) is 12.7. The highest BCUT2D eigenvalue weighted by molar-refractivity contribution is 5.79. The third-order valence-electron chi connectivity index (χ3n) is 6.46. The number of carbonyl (C=O) groups excluding carboxylic acids is 1. The lowest BCUT2D eigenvalue weighted by atomic mass is 9.75. The number of nitrogens with zero attached hydrogens (tertiary/aromatic N) is 4. The van der Waals surface area contributed by atoms with Gasteiger partial charge in [0, 0.05) is 26.4 Å². The lowest BCUT2D eigenvalue weighted by Crippen LogP contribution is -3.20. The zero-order valence-electron chi connectivity index (χ0n) is 15.7. The summed E-state index contributed by atoms with van der Waals surface area (Å²) in [6, 6.07) is 0.551. The number of rotatable bonds is 6. The van der Waals surface area contributed by atoms with Crippen LogP contribution in [0.1, 0.15) is 37.8 Å². The predicted molar refractivity (Wildman–Crippen MR) is 100 cm³/mol. The molecule has 3 saturated heterocycles. The lowest BCUT2D eigenvalue weighted by molar-refractivity contribution is -0.945. The molecule has 4 heterocycles. The Morgan fingerprint density at radius 1 is 1.54 bits per heavy atom. The molecule has 6 heteroatoms. The first kappa shape index (κ1) is 17.5. The van der Waals surface area contributed by atoms with E-state index in [2.05, 4.69) is 29.2 Å². The van der Waals surface area contributed by atoms with E-state index in [1.165, 1.54) is 31.4 Å². The molecule has 1 aromatic rings. The molecule has 3 fully saturated rings. The first-order valence-corrected chi connectivity index (χ1v) is 9.95. The molecular weight excluding hydrogens is 326 g/mol. The summed E-state index contributed by atoms with van der Waals surface area (Å²) in [6.45, 7) is 7.43. The SMILES string of the molecule is C=CCN(C)C(=O)[C@H]1C[NH+]2CC[C@H]1C[C@@H]2Cn1cc(C2=CCCC2)nn1. The quantitative estimate of drug-likeness (QED) is 0.767. The number of hydrogen-bond acceptors (Lipinski definition) is 3. The van der Waals surface area contributed by atoms with Crippen LogP contribution >= 0.6 is 0 Å². The molecule has 4 atom stereocenters. The molecule has 1 unspecified atom stereocenters. The van der Waals surface area contributed by atoms with Crippen LogP contribution in [-0.2, 0) is 11.3 Å². The summed E-state index contributed by atoms with van der Waals surface area (Å²) >= 11 is 0. The smallest absolute Gasteiger partial charge is 0.231 e. The van der Waals surface area contributed by atoms with Gasteiger partial charge in [-0.25, -0.2) is 4.68 Å². The molecule has 2 bridgehead atoms. The second-order valence-corrected chi connectivity index (χ2v) is 8.16. The van der Waals surface area contributed by atoms with Crippen LogP contribution in [-0.4, -0.2) is 58.5 Å². The lowest BCUT2D eigenvalue weighted by Gasteiger charge is -2.46. The molecule has 140 valence electrons. The fourth-order valence-corrected chi connectivity index (χ4v) is 5.03. The minimum atomic E-state index is 0.176. The summed E-state index contributed by atoms with van der Waals surface area (Å²) in [5, 5.41) is 8.75. The summed E-state index contributed by atoms with van der Waals surface area (Å²) in [6.07, 6.45) is 12.0. The Balaban J connectivity index is 1.39. The van der Waals surface area contributed by atoms with Crippen LogP contribution in [0.3, 0.4) is 0 Å². The first-order valence-electron chi connectivity index (χ1n) is 9.95. The van der Waals surface area contributed by atoms with Crippen LogP contribution in [0.2, 0.25) is 0 Å². The number of likely N-dealkylation sites (N-methyl/N-ethyl adjacent to an activating group) is 1. The van der Waals surface area contributed by atoms with Crippen LogP contribution in [0, 0.1) is 11.8 Å². The molecule has 6 nitrogen and oxygen atoms in total. The molecule has 1 aliphatic carbocycles. The third kappa shape index (κ3) is 3.34. The highest BCUT2D eigenvalue weighted by atomic mass is 16.2. The Bertz CT molecular complexity index is 709. The molecule has 0 saturated carbocycles. The van der Waals surface area contributed by atoms with Crippen molar-refractivity contribution in [1.82, 2.24) is 19.9 Å². The maximum atomic E-state index is 12.7. The van der Waals surface area contributed by atoms with Crippen LogP contribution < -0.4 is 4.90 Å². The van der Waals surface area contributed by atoms with Gasteiger partial charge in [-0.2, -0.15) is 0 Å². The number of carbonyl (C=O) groups is 1. The fourth-order valence-electron chi connectivity index (χ4n) is 5.03. The normalized spacial score (nSPS) is 30.3. The van der Waals surface area contributed by atoms with Crippen LogP contribution in [0.4, 0.5) is 0 Å². The van der Waals surface area contributed by atoms with E-state index in [0.29, 0.717) is 24.4 Å². The minimum Gasteiger partial charge on any atom is -0.342 e. The Morgan fingerprint density at radius 3 is 3.12 bits per heavy atom. The zero-order valence-corrected chi connectivity index (χ0v) is 15.7. The molecule has 0 radical (unpaired) electrons. The average Bonchev–Trinajstić information content (AvgIpc) is 3.33. The Morgan fingerprint density at radius 2 is 2.42 bits per heavy atom. The summed E-state index contributed by atoms with van der Waals surface area (Å²) in [5.74, 6) is 0.981. The van der Waals surface area contributed by atoms with Crippen molar-refractivity contribution in [2.24, 2.45) is 11.8 Å². The van der Waals surface area contributed by atoms with Gasteiger partial charge in [0.2, 0.25) is 5.91 Å². The monoisotopic (exact) mass is 356 g/mol. The largest absolute Gasteiger partial charge is 0.342 e. The maximum absolute atomic E-state index is 12.7. The fraction of sp³-hybridized carbons (Fsp3) is 0.650. The van der Waals surface area contributed by atoms with Crippen molar-refractivity contribution in [2.75, 3.05) is 26.7 Å². The number of hydrogen-bond donors (Lipinski definition) is 1. The molecule has 0 aromatic carbocycles. The van der Waals surface area contributed by atoms with Crippen LogP contribution in [0.25, 0.3) is 5.57 Å². The summed E-state index contributed by atoms with van der Waals surface area (Å²) in [5.41, 5.74) is 2.40. The van der Waals surface area contributed by atoms with Crippen molar-refractivity contribution < 1.29 is 9.69 Å². The van der Waals surface area contributed by atoms with E-state index < -0.39 is 0 Å². The molecule has 1 N–H and O–H groups in total. The number of nitrogens with one attached hydrogen (secondary N) is 1. The number of aromatic nitrogens is 3. The second kappa shape index (κ2) is 7.35. The van der Waals surface area contributed by atoms with Crippen LogP contribution in [0.15, 0.2) is 24.9 Å². The molecule has 5 rings (SSSR count). The summed E-state index contributed by atoms with van der Waals surface area (Å²) in [4.78, 5) is 16.1. The molecule has 26 heavy (non-hydrogen) atoms. The second-order valence-electron chi connectivity index (χ2n) is 8.16. The van der Waals surface area contributed by atoms with Crippen LogP contribution in [0.5, 0.6) is 0 Å². The zero-order chi connectivity index (χ0) is 18.1. The van der Waals surface area contributed by atoms with E-state index >= 15 is 0 Å². The van der Waals surface area contributed by atoms with Gasteiger partial charge in [-0.3, -0.25) is 4.79 Å². The number of quaternary nitrogens is 1. The van der Waals surface area contributed by atoms with Gasteiger partial charge in [-0.05, 0) is 30.8 Å². The molecule has 4 aliphatic rings. The highest BCUT2D eigenvalue weighted by Crippen LogP contribution is 2.29. The van der Waals surface area contributed by atoms with Crippen molar-refractivity contribution in [3.8, 4) is 0 Å². The third-order valence-corrected chi connectivity index (χ3v) is 6.46. The highest BCUT2D eigenvalue weighted by Gasteiger charge is 2.47.